The Morgan fingerprint density at radius 1 is 0.943 bits per heavy atom. The lowest BCUT2D eigenvalue weighted by Crippen LogP contribution is -2.47. The van der Waals surface area contributed by atoms with Gasteiger partial charge < -0.3 is 13.9 Å². The van der Waals surface area contributed by atoms with E-state index in [9.17, 15) is 0 Å². The van der Waals surface area contributed by atoms with Crippen LogP contribution in [0.3, 0.4) is 0 Å². The maximum absolute atomic E-state index is 15.2. The molecule has 12 heteroatoms. The number of amides is 1. The molecule has 3 aromatic carbocycles. The summed E-state index contributed by atoms with van der Waals surface area (Å²) in [6.45, 7) is 10.7. The van der Waals surface area contributed by atoms with E-state index < -0.39 is 5.50 Å². The Morgan fingerprint density at radius 3 is 2.38 bits per heavy atom. The summed E-state index contributed by atoms with van der Waals surface area (Å²) >= 11 is 13.9. The van der Waals surface area contributed by atoms with E-state index in [0.29, 0.717) is 31.0 Å². The zero-order chi connectivity index (χ0) is 37.5. The number of nitrogens with zero attached hydrogens (tertiary/aromatic N) is 8. The summed E-state index contributed by atoms with van der Waals surface area (Å²) in [4.78, 5) is 21.5. The van der Waals surface area contributed by atoms with Gasteiger partial charge in [0.05, 0.1) is 29.5 Å². The fraction of sp³-hybridized carbons (Fsp3) is 0.317. The number of aromatic nitrogens is 7. The second kappa shape index (κ2) is 13.1. The number of para-hydroxylation sites is 1. The molecule has 272 valence electrons. The summed E-state index contributed by atoms with van der Waals surface area (Å²) in [5, 5.41) is 12.0. The predicted molar refractivity (Wildman–Crippen MR) is 212 cm³/mol. The minimum Gasteiger partial charge on any atom is -0.494 e. The summed E-state index contributed by atoms with van der Waals surface area (Å²) in [5.41, 5.74) is 10.6. The van der Waals surface area contributed by atoms with Crippen LogP contribution in [0, 0.1) is 27.7 Å². The number of carbonyl (C=O) groups is 1. The minimum atomic E-state index is -0.676. The van der Waals surface area contributed by atoms with Crippen LogP contribution in [0.5, 0.6) is 5.75 Å². The molecule has 7 aromatic rings. The van der Waals surface area contributed by atoms with Crippen molar-refractivity contribution < 1.29 is 9.53 Å². The number of hydrogen-bond acceptors (Lipinski definition) is 5. The molecule has 0 bridgehead atoms. The highest BCUT2D eigenvalue weighted by Crippen LogP contribution is 2.46. The van der Waals surface area contributed by atoms with Crippen molar-refractivity contribution in [2.24, 2.45) is 21.1 Å². The first-order valence-corrected chi connectivity index (χ1v) is 18.7. The van der Waals surface area contributed by atoms with Crippen molar-refractivity contribution in [3.63, 3.8) is 0 Å². The van der Waals surface area contributed by atoms with Crippen molar-refractivity contribution in [1.29, 1.82) is 0 Å². The number of halogens is 2. The van der Waals surface area contributed by atoms with Gasteiger partial charge in [0.2, 0.25) is 0 Å². The van der Waals surface area contributed by atoms with Crippen LogP contribution in [0.25, 0.3) is 44.3 Å². The highest BCUT2D eigenvalue weighted by Gasteiger charge is 2.42. The Kier molecular flexibility index (Phi) is 8.65. The van der Waals surface area contributed by atoms with E-state index in [2.05, 4.69) is 52.8 Å². The van der Waals surface area contributed by atoms with Crippen LogP contribution < -0.4 is 9.64 Å². The van der Waals surface area contributed by atoms with Gasteiger partial charge in [0.25, 0.3) is 5.91 Å². The molecule has 0 spiro atoms. The van der Waals surface area contributed by atoms with Gasteiger partial charge in [-0.15, -0.1) is 0 Å². The lowest BCUT2D eigenvalue weighted by Gasteiger charge is -2.38. The second-order valence-corrected chi connectivity index (χ2v) is 15.1. The number of anilines is 1. The molecule has 0 radical (unpaired) electrons. The fourth-order valence-electron chi connectivity index (χ4n) is 8.10. The molecule has 0 saturated heterocycles. The van der Waals surface area contributed by atoms with Crippen LogP contribution in [0.15, 0.2) is 61.1 Å². The zero-order valence-corrected chi connectivity index (χ0v) is 32.7. The summed E-state index contributed by atoms with van der Waals surface area (Å²) in [7, 11) is 5.80. The monoisotopic (exact) mass is 748 g/mol. The second-order valence-electron chi connectivity index (χ2n) is 14.3. The lowest BCUT2D eigenvalue weighted by atomic mass is 9.98. The smallest absolute Gasteiger partial charge is 0.276 e. The predicted octanol–water partition coefficient (Wildman–Crippen LogP) is 9.01. The van der Waals surface area contributed by atoms with E-state index in [1.54, 1.807) is 15.9 Å². The van der Waals surface area contributed by atoms with Crippen molar-refractivity contribution in [3.05, 3.63) is 99.8 Å². The van der Waals surface area contributed by atoms with Gasteiger partial charge in [0.1, 0.15) is 23.3 Å². The molecule has 5 heterocycles. The highest BCUT2D eigenvalue weighted by molar-refractivity contribution is 6.32. The fourth-order valence-corrected chi connectivity index (χ4v) is 8.51. The summed E-state index contributed by atoms with van der Waals surface area (Å²) in [6.07, 6.45) is 5.00. The van der Waals surface area contributed by atoms with Crippen molar-refractivity contribution in [2.45, 2.75) is 59.0 Å². The number of fused-ring (bicyclic) bond motifs is 4. The Hall–Kier alpha value is -5.06. The molecule has 53 heavy (non-hydrogen) atoms. The first-order valence-electron chi connectivity index (χ1n) is 17.8. The molecule has 1 unspecified atom stereocenters. The summed E-state index contributed by atoms with van der Waals surface area (Å²) in [6, 6.07) is 16.1. The van der Waals surface area contributed by atoms with Gasteiger partial charge in [0.15, 0.2) is 5.82 Å². The number of hydrogen-bond donors (Lipinski definition) is 0. The minimum absolute atomic E-state index is 0.140. The SMILES string of the molecule is Cc1cc(OCCCc2c3n(c4c(-c5c(C)nn(C)c5C)cccc24)C(C)[C@@H](Cl)N(c2cn(C)c4ccc(-c5ncn(C)n5)cc24)C3=O)cc(C)c1Cl. The molecule has 10 nitrogen and oxygen atoms in total. The van der Waals surface area contributed by atoms with E-state index >= 15 is 4.79 Å². The average Bonchev–Trinajstić information content (AvgIpc) is 3.87. The van der Waals surface area contributed by atoms with E-state index in [1.165, 1.54) is 0 Å². The van der Waals surface area contributed by atoms with Crippen LogP contribution in [-0.2, 0) is 27.6 Å². The highest BCUT2D eigenvalue weighted by atomic mass is 35.5. The molecule has 0 aliphatic carbocycles. The zero-order valence-electron chi connectivity index (χ0n) is 31.2. The van der Waals surface area contributed by atoms with E-state index in [-0.39, 0.29) is 11.9 Å². The maximum atomic E-state index is 15.2. The molecule has 4 aromatic heterocycles. The normalized spacial score (nSPS) is 16.0. The largest absolute Gasteiger partial charge is 0.494 e. The van der Waals surface area contributed by atoms with Crippen LogP contribution in [0.1, 0.15) is 58.0 Å². The first kappa shape index (κ1) is 35.0. The van der Waals surface area contributed by atoms with E-state index in [1.807, 2.05) is 81.6 Å². The number of carbonyl (C=O) groups excluding carboxylic acids is 1. The van der Waals surface area contributed by atoms with Crippen LogP contribution in [0.4, 0.5) is 5.69 Å². The average molecular weight is 750 g/mol. The summed E-state index contributed by atoms with van der Waals surface area (Å²) in [5.74, 6) is 1.26. The topological polar surface area (TPSA) is 87.9 Å². The number of alkyl halides is 1. The van der Waals surface area contributed by atoms with Crippen LogP contribution in [-0.4, -0.2) is 51.7 Å². The third-order valence-electron chi connectivity index (χ3n) is 10.7. The Labute approximate surface area is 318 Å². The van der Waals surface area contributed by atoms with E-state index in [4.69, 9.17) is 33.0 Å². The number of benzene rings is 3. The van der Waals surface area contributed by atoms with Crippen molar-refractivity contribution in [1.82, 2.24) is 33.7 Å². The molecular weight excluding hydrogens is 707 g/mol. The third kappa shape index (κ3) is 5.61. The lowest BCUT2D eigenvalue weighted by molar-refractivity contribution is 0.0951. The summed E-state index contributed by atoms with van der Waals surface area (Å²) < 4.78 is 14.1. The molecule has 2 atom stereocenters. The van der Waals surface area contributed by atoms with Gasteiger partial charge in [0, 0.05) is 71.0 Å². The molecule has 1 aliphatic heterocycles. The molecule has 1 amide bonds. The number of rotatable bonds is 8. The van der Waals surface area contributed by atoms with Crippen molar-refractivity contribution in [3.8, 4) is 28.3 Å². The maximum Gasteiger partial charge on any atom is 0.276 e. The van der Waals surface area contributed by atoms with Crippen LogP contribution in [0.2, 0.25) is 5.02 Å². The standard InChI is InChI=1S/C41H42Cl2N8O2/c1-22-17-28(18-23(2)36(22)42)53-16-10-13-30-29-11-9-12-31(35-24(3)45-49(8)25(35)4)37(29)50-26(5)39(43)51(41(52)38(30)50)34-20-47(6)33-15-14-27(19-32(33)34)40-44-21-48(7)46-40/h9,11-12,14-15,17-21,26,39H,10,13,16H2,1-8H3/t26?,39-/m0/s1. The Bertz CT molecular complexity index is 2570. The van der Waals surface area contributed by atoms with E-state index in [0.717, 1.165) is 83.0 Å². The van der Waals surface area contributed by atoms with Gasteiger partial charge in [-0.2, -0.15) is 10.2 Å². The number of ether oxygens (including phenoxy) is 1. The van der Waals surface area contributed by atoms with Gasteiger partial charge in [-0.3, -0.25) is 19.1 Å². The quantitative estimate of drug-likeness (QED) is 0.0880. The molecule has 0 N–H and O–H groups in total. The number of aryl methyl sites for hydroxylation is 7. The van der Waals surface area contributed by atoms with Crippen LogP contribution >= 0.6 is 23.2 Å². The van der Waals surface area contributed by atoms with Gasteiger partial charge in [-0.1, -0.05) is 41.4 Å². The van der Waals surface area contributed by atoms with Crippen molar-refractivity contribution >= 4 is 56.6 Å². The first-order chi connectivity index (χ1) is 25.3. The molecule has 8 rings (SSSR count). The van der Waals surface area contributed by atoms with Crippen molar-refractivity contribution in [2.75, 3.05) is 11.5 Å². The van der Waals surface area contributed by atoms with Gasteiger partial charge in [-0.25, -0.2) is 4.98 Å². The Balaban J connectivity index is 1.27. The molecule has 0 saturated carbocycles. The molecule has 0 fully saturated rings. The molecule has 1 aliphatic rings. The third-order valence-corrected chi connectivity index (χ3v) is 11.9. The van der Waals surface area contributed by atoms with Gasteiger partial charge in [-0.05, 0) is 94.5 Å². The Morgan fingerprint density at radius 2 is 1.70 bits per heavy atom. The molecular formula is C41H42Cl2N8O2. The van der Waals surface area contributed by atoms with Gasteiger partial charge >= 0.3 is 0 Å².